The van der Waals surface area contributed by atoms with Crippen molar-refractivity contribution in [2.45, 2.75) is 32.8 Å². The van der Waals surface area contributed by atoms with E-state index in [0.29, 0.717) is 42.1 Å². The Labute approximate surface area is 168 Å². The first kappa shape index (κ1) is 20.9. The lowest BCUT2D eigenvalue weighted by Gasteiger charge is -2.25. The Hall–Kier alpha value is -2.87. The van der Waals surface area contributed by atoms with Crippen molar-refractivity contribution in [2.24, 2.45) is 5.92 Å². The first-order chi connectivity index (χ1) is 13.9. The van der Waals surface area contributed by atoms with E-state index >= 15 is 0 Å². The monoisotopic (exact) mass is 404 g/mol. The Kier molecular flexibility index (Phi) is 6.22. The van der Waals surface area contributed by atoms with Gasteiger partial charge in [0.25, 0.3) is 0 Å². The van der Waals surface area contributed by atoms with Gasteiger partial charge in [-0.25, -0.2) is 9.59 Å². The zero-order valence-electron chi connectivity index (χ0n) is 16.7. The lowest BCUT2D eigenvalue weighted by Crippen LogP contribution is -2.23. The molecule has 2 aliphatic rings. The van der Waals surface area contributed by atoms with Gasteiger partial charge in [-0.3, -0.25) is 4.79 Å². The summed E-state index contributed by atoms with van der Waals surface area (Å²) < 4.78 is 20.8. The third kappa shape index (κ3) is 3.98. The standard InChI is InChI=1S/C21H24O8/c1-11-15-10-29-21(25)18(15)17(20(23)24)14(19(11)27-3)5-4-12-6-7-28-9-13(12)8-16(22)26-2/h4,13H,5-10H2,1-3H3,(H,23,24). The van der Waals surface area contributed by atoms with E-state index in [-0.39, 0.29) is 42.5 Å². The molecule has 1 atom stereocenters. The molecule has 0 amide bonds. The molecule has 156 valence electrons. The Morgan fingerprint density at radius 2 is 2.07 bits per heavy atom. The zero-order valence-corrected chi connectivity index (χ0v) is 16.7. The van der Waals surface area contributed by atoms with Crippen LogP contribution in [0.2, 0.25) is 0 Å². The van der Waals surface area contributed by atoms with Crippen LogP contribution in [-0.2, 0) is 32.0 Å². The maximum Gasteiger partial charge on any atom is 0.339 e. The molecule has 8 heteroatoms. The normalized spacial score (nSPS) is 19.6. The number of ether oxygens (including phenoxy) is 4. The summed E-state index contributed by atoms with van der Waals surface area (Å²) in [6.07, 6.45) is 2.99. The van der Waals surface area contributed by atoms with Gasteiger partial charge in [-0.1, -0.05) is 11.6 Å². The largest absolute Gasteiger partial charge is 0.496 e. The number of rotatable bonds is 6. The van der Waals surface area contributed by atoms with E-state index in [1.165, 1.54) is 14.2 Å². The van der Waals surface area contributed by atoms with E-state index in [0.717, 1.165) is 5.57 Å². The summed E-state index contributed by atoms with van der Waals surface area (Å²) in [5.41, 5.74) is 2.69. The Bertz CT molecular complexity index is 883. The van der Waals surface area contributed by atoms with Gasteiger partial charge in [0.15, 0.2) is 0 Å². The molecule has 0 aromatic heterocycles. The molecule has 2 heterocycles. The molecule has 1 saturated heterocycles. The van der Waals surface area contributed by atoms with Crippen molar-refractivity contribution in [3.8, 4) is 5.75 Å². The molecule has 0 saturated carbocycles. The average Bonchev–Trinajstić information content (AvgIpc) is 3.08. The fraction of sp³-hybridized carbons (Fsp3) is 0.476. The van der Waals surface area contributed by atoms with E-state index in [1.807, 2.05) is 6.08 Å². The van der Waals surface area contributed by atoms with Gasteiger partial charge in [-0.15, -0.1) is 0 Å². The molecule has 1 aromatic carbocycles. The number of methoxy groups -OCH3 is 2. The summed E-state index contributed by atoms with van der Waals surface area (Å²) in [6, 6.07) is 0. The number of carboxylic acid groups (broad SMARTS) is 1. The topological polar surface area (TPSA) is 108 Å². The van der Waals surface area contributed by atoms with Crippen molar-refractivity contribution in [3.05, 3.63) is 39.5 Å². The molecule has 1 fully saturated rings. The van der Waals surface area contributed by atoms with Gasteiger partial charge in [-0.05, 0) is 25.3 Å². The van der Waals surface area contributed by atoms with Crippen molar-refractivity contribution in [1.29, 1.82) is 0 Å². The fourth-order valence-electron chi connectivity index (χ4n) is 3.99. The maximum absolute atomic E-state index is 12.2. The van der Waals surface area contributed by atoms with Gasteiger partial charge in [0, 0.05) is 17.0 Å². The lowest BCUT2D eigenvalue weighted by atomic mass is 9.87. The van der Waals surface area contributed by atoms with E-state index in [2.05, 4.69) is 0 Å². The molecule has 3 rings (SSSR count). The number of carboxylic acids is 1. The minimum absolute atomic E-state index is 0.0382. The van der Waals surface area contributed by atoms with Crippen LogP contribution in [0, 0.1) is 12.8 Å². The number of fused-ring (bicyclic) bond motifs is 1. The van der Waals surface area contributed by atoms with E-state index < -0.39 is 11.9 Å². The minimum atomic E-state index is -1.20. The molecule has 0 radical (unpaired) electrons. The molecular formula is C21H24O8. The second kappa shape index (κ2) is 8.65. The highest BCUT2D eigenvalue weighted by Gasteiger charge is 2.34. The third-order valence-corrected chi connectivity index (χ3v) is 5.48. The highest BCUT2D eigenvalue weighted by atomic mass is 16.5. The second-order valence-corrected chi connectivity index (χ2v) is 7.03. The quantitative estimate of drug-likeness (QED) is 0.569. The van der Waals surface area contributed by atoms with Crippen molar-refractivity contribution >= 4 is 17.9 Å². The molecular weight excluding hydrogens is 380 g/mol. The van der Waals surface area contributed by atoms with Crippen LogP contribution in [0.1, 0.15) is 50.2 Å². The van der Waals surface area contributed by atoms with Crippen molar-refractivity contribution < 1.29 is 38.4 Å². The summed E-state index contributed by atoms with van der Waals surface area (Å²) in [7, 11) is 2.81. The molecule has 0 spiro atoms. The molecule has 1 aromatic rings. The third-order valence-electron chi connectivity index (χ3n) is 5.48. The average molecular weight is 404 g/mol. The van der Waals surface area contributed by atoms with Crippen LogP contribution in [0.5, 0.6) is 5.75 Å². The molecule has 0 aliphatic carbocycles. The van der Waals surface area contributed by atoms with Crippen LogP contribution in [0.15, 0.2) is 11.6 Å². The van der Waals surface area contributed by atoms with E-state index in [9.17, 15) is 19.5 Å². The van der Waals surface area contributed by atoms with Crippen LogP contribution < -0.4 is 4.74 Å². The smallest absolute Gasteiger partial charge is 0.339 e. The summed E-state index contributed by atoms with van der Waals surface area (Å²) >= 11 is 0. The minimum Gasteiger partial charge on any atom is -0.496 e. The predicted molar refractivity (Wildman–Crippen MR) is 101 cm³/mol. The summed E-state index contributed by atoms with van der Waals surface area (Å²) in [4.78, 5) is 35.9. The molecule has 8 nitrogen and oxygen atoms in total. The van der Waals surface area contributed by atoms with Crippen molar-refractivity contribution in [2.75, 3.05) is 27.4 Å². The first-order valence-electron chi connectivity index (χ1n) is 9.35. The number of cyclic esters (lactones) is 1. The second-order valence-electron chi connectivity index (χ2n) is 7.03. The van der Waals surface area contributed by atoms with Gasteiger partial charge in [0.2, 0.25) is 0 Å². The van der Waals surface area contributed by atoms with Crippen molar-refractivity contribution in [1.82, 2.24) is 0 Å². The number of hydrogen-bond acceptors (Lipinski definition) is 7. The van der Waals surface area contributed by atoms with Crippen LogP contribution in [0.3, 0.4) is 0 Å². The van der Waals surface area contributed by atoms with Crippen molar-refractivity contribution in [3.63, 3.8) is 0 Å². The fourth-order valence-corrected chi connectivity index (χ4v) is 3.99. The molecule has 1 N–H and O–H groups in total. The lowest BCUT2D eigenvalue weighted by molar-refractivity contribution is -0.142. The Balaban J connectivity index is 2.04. The highest BCUT2D eigenvalue weighted by molar-refractivity contribution is 6.07. The van der Waals surface area contributed by atoms with E-state index in [4.69, 9.17) is 18.9 Å². The number of benzene rings is 1. The highest BCUT2D eigenvalue weighted by Crippen LogP contribution is 2.38. The first-order valence-corrected chi connectivity index (χ1v) is 9.35. The SMILES string of the molecule is COC(=O)CC1COCCC1=CCc1c(OC)c(C)c2c(c1C(=O)O)C(=O)OC2. The molecule has 0 bridgehead atoms. The number of aromatic carboxylic acids is 1. The van der Waals surface area contributed by atoms with Gasteiger partial charge in [0.1, 0.15) is 12.4 Å². The number of allylic oxidation sites excluding steroid dienone is 1. The summed E-state index contributed by atoms with van der Waals surface area (Å²) in [5.74, 6) is -1.85. The maximum atomic E-state index is 12.2. The molecule has 2 aliphatic heterocycles. The zero-order chi connectivity index (χ0) is 21.1. The van der Waals surface area contributed by atoms with Gasteiger partial charge in [-0.2, -0.15) is 0 Å². The van der Waals surface area contributed by atoms with Crippen LogP contribution in [0.4, 0.5) is 0 Å². The number of hydrogen-bond donors (Lipinski definition) is 1. The molecule has 29 heavy (non-hydrogen) atoms. The summed E-state index contributed by atoms with van der Waals surface area (Å²) in [6.45, 7) is 2.76. The van der Waals surface area contributed by atoms with Gasteiger partial charge < -0.3 is 24.1 Å². The Morgan fingerprint density at radius 1 is 1.31 bits per heavy atom. The predicted octanol–water partition coefficient (Wildman–Crippen LogP) is 2.44. The van der Waals surface area contributed by atoms with E-state index in [1.54, 1.807) is 6.92 Å². The number of carbonyl (C=O) groups excluding carboxylic acids is 2. The van der Waals surface area contributed by atoms with Gasteiger partial charge in [0.05, 0.1) is 45.0 Å². The molecule has 1 unspecified atom stereocenters. The van der Waals surface area contributed by atoms with Crippen LogP contribution in [-0.4, -0.2) is 50.4 Å². The summed E-state index contributed by atoms with van der Waals surface area (Å²) in [5, 5.41) is 9.83. The Morgan fingerprint density at radius 3 is 2.72 bits per heavy atom. The number of esters is 2. The van der Waals surface area contributed by atoms with Crippen LogP contribution in [0.25, 0.3) is 0 Å². The number of carbonyl (C=O) groups is 3. The van der Waals surface area contributed by atoms with Crippen LogP contribution >= 0.6 is 0 Å². The van der Waals surface area contributed by atoms with Gasteiger partial charge >= 0.3 is 17.9 Å².